The summed E-state index contributed by atoms with van der Waals surface area (Å²) in [5, 5.41) is 0. The zero-order valence-electron chi connectivity index (χ0n) is 7.94. The molecule has 1 saturated heterocycles. The number of carbonyl (C=O) groups is 1. The molecule has 2 fully saturated rings. The maximum atomic E-state index is 10.4. The van der Waals surface area contributed by atoms with E-state index >= 15 is 0 Å². The molecule has 0 atom stereocenters. The number of pyridine rings is 1. The van der Waals surface area contributed by atoms with Crippen LogP contribution < -0.4 is 4.90 Å². The molecule has 72 valence electrons. The third-order valence-electron chi connectivity index (χ3n) is 3.27. The third-order valence-corrected chi connectivity index (χ3v) is 3.27. The van der Waals surface area contributed by atoms with E-state index in [0.717, 1.165) is 12.0 Å². The molecule has 0 unspecified atom stereocenters. The second-order valence-electron chi connectivity index (χ2n) is 4.42. The molecule has 1 aliphatic heterocycles. The van der Waals surface area contributed by atoms with Crippen molar-refractivity contribution in [1.82, 2.24) is 4.98 Å². The van der Waals surface area contributed by atoms with Crippen molar-refractivity contribution in [3.8, 4) is 0 Å². The number of aldehydes is 1. The van der Waals surface area contributed by atoms with E-state index in [4.69, 9.17) is 0 Å². The van der Waals surface area contributed by atoms with Crippen LogP contribution in [0.1, 0.15) is 23.3 Å². The minimum atomic E-state index is 0.510. The Labute approximate surface area is 82.8 Å². The lowest BCUT2D eigenvalue weighted by Crippen LogP contribution is -2.48. The number of hydrogen-bond acceptors (Lipinski definition) is 3. The average Bonchev–Trinajstić information content (AvgIpc) is 2.96. The van der Waals surface area contributed by atoms with Gasteiger partial charge in [0.05, 0.1) is 11.9 Å². The van der Waals surface area contributed by atoms with Gasteiger partial charge in [-0.15, -0.1) is 0 Å². The van der Waals surface area contributed by atoms with Gasteiger partial charge in [-0.2, -0.15) is 0 Å². The molecular formula is C11H12N2O. The van der Waals surface area contributed by atoms with E-state index in [-0.39, 0.29) is 0 Å². The molecule has 14 heavy (non-hydrogen) atoms. The van der Waals surface area contributed by atoms with Gasteiger partial charge < -0.3 is 4.90 Å². The van der Waals surface area contributed by atoms with E-state index in [1.807, 2.05) is 6.07 Å². The second-order valence-corrected chi connectivity index (χ2v) is 4.42. The summed E-state index contributed by atoms with van der Waals surface area (Å²) in [6.45, 7) is 2.35. The predicted molar refractivity (Wildman–Crippen MR) is 53.5 cm³/mol. The van der Waals surface area contributed by atoms with Gasteiger partial charge in [0.15, 0.2) is 6.29 Å². The van der Waals surface area contributed by atoms with Crippen LogP contribution in [0.15, 0.2) is 18.3 Å². The van der Waals surface area contributed by atoms with Gasteiger partial charge in [0.2, 0.25) is 0 Å². The standard InChI is InChI=1S/C11H12N2O/c14-6-9-1-2-10(5-12-9)13-7-11(8-13)3-4-11/h1-2,5-6H,3-4,7-8H2. The number of anilines is 1. The van der Waals surface area contributed by atoms with Crippen LogP contribution in [0, 0.1) is 5.41 Å². The number of hydrogen-bond donors (Lipinski definition) is 0. The van der Waals surface area contributed by atoms with E-state index in [9.17, 15) is 4.79 Å². The summed E-state index contributed by atoms with van der Waals surface area (Å²) < 4.78 is 0. The Balaban J connectivity index is 1.74. The van der Waals surface area contributed by atoms with Crippen molar-refractivity contribution in [2.24, 2.45) is 5.41 Å². The highest BCUT2D eigenvalue weighted by Gasteiger charge is 2.52. The summed E-state index contributed by atoms with van der Waals surface area (Å²) >= 11 is 0. The van der Waals surface area contributed by atoms with Crippen LogP contribution in [0.4, 0.5) is 5.69 Å². The Kier molecular flexibility index (Phi) is 1.46. The lowest BCUT2D eigenvalue weighted by atomic mass is 9.96. The fraction of sp³-hybridized carbons (Fsp3) is 0.455. The Bertz CT molecular complexity index is 359. The number of aromatic nitrogens is 1. The topological polar surface area (TPSA) is 33.2 Å². The first-order valence-corrected chi connectivity index (χ1v) is 4.98. The maximum absolute atomic E-state index is 10.4. The average molecular weight is 188 g/mol. The molecule has 1 aliphatic carbocycles. The second kappa shape index (κ2) is 2.56. The fourth-order valence-corrected chi connectivity index (χ4v) is 2.09. The molecule has 2 aliphatic rings. The van der Waals surface area contributed by atoms with Crippen LogP contribution in [0.3, 0.4) is 0 Å². The minimum absolute atomic E-state index is 0.510. The van der Waals surface area contributed by atoms with Crippen molar-refractivity contribution in [1.29, 1.82) is 0 Å². The molecule has 0 amide bonds. The Morgan fingerprint density at radius 2 is 2.14 bits per heavy atom. The van der Waals surface area contributed by atoms with Crippen molar-refractivity contribution < 1.29 is 4.79 Å². The lowest BCUT2D eigenvalue weighted by molar-refractivity contribution is 0.111. The molecule has 0 N–H and O–H groups in total. The quantitative estimate of drug-likeness (QED) is 0.659. The summed E-state index contributed by atoms with van der Waals surface area (Å²) in [5.41, 5.74) is 2.33. The van der Waals surface area contributed by atoms with E-state index < -0.39 is 0 Å². The smallest absolute Gasteiger partial charge is 0.168 e. The van der Waals surface area contributed by atoms with Gasteiger partial charge in [0.25, 0.3) is 0 Å². The van der Waals surface area contributed by atoms with Gasteiger partial charge >= 0.3 is 0 Å². The molecule has 0 radical (unpaired) electrons. The normalized spacial score (nSPS) is 21.9. The zero-order chi connectivity index (χ0) is 9.60. The van der Waals surface area contributed by atoms with E-state index in [1.165, 1.54) is 25.9 Å². The molecule has 1 aromatic rings. The molecule has 3 rings (SSSR count). The van der Waals surface area contributed by atoms with Gasteiger partial charge in [-0.05, 0) is 25.0 Å². The van der Waals surface area contributed by atoms with Crippen LogP contribution in [0.5, 0.6) is 0 Å². The van der Waals surface area contributed by atoms with Crippen LogP contribution in [0.2, 0.25) is 0 Å². The first-order valence-electron chi connectivity index (χ1n) is 4.98. The summed E-state index contributed by atoms with van der Waals surface area (Å²) in [6, 6.07) is 3.76. The molecule has 3 nitrogen and oxygen atoms in total. The zero-order valence-corrected chi connectivity index (χ0v) is 7.94. The number of carbonyl (C=O) groups excluding carboxylic acids is 1. The molecule has 2 heterocycles. The fourth-order valence-electron chi connectivity index (χ4n) is 2.09. The van der Waals surface area contributed by atoms with Gasteiger partial charge in [0, 0.05) is 18.5 Å². The van der Waals surface area contributed by atoms with Gasteiger partial charge in [-0.3, -0.25) is 9.78 Å². The molecule has 1 spiro atoms. The highest BCUT2D eigenvalue weighted by molar-refractivity contribution is 5.72. The summed E-state index contributed by atoms with van der Waals surface area (Å²) in [6.07, 6.45) is 5.36. The molecule has 3 heteroatoms. The number of nitrogens with zero attached hydrogens (tertiary/aromatic N) is 2. The Morgan fingerprint density at radius 1 is 1.36 bits per heavy atom. The SMILES string of the molecule is O=Cc1ccc(N2CC3(CC3)C2)cn1. The first kappa shape index (κ1) is 7.97. The lowest BCUT2D eigenvalue weighted by Gasteiger charge is -2.41. The van der Waals surface area contributed by atoms with Crippen molar-refractivity contribution in [3.05, 3.63) is 24.0 Å². The molecule has 1 saturated carbocycles. The van der Waals surface area contributed by atoms with Crippen molar-refractivity contribution in [2.75, 3.05) is 18.0 Å². The van der Waals surface area contributed by atoms with Crippen molar-refractivity contribution >= 4 is 12.0 Å². The molecular weight excluding hydrogens is 176 g/mol. The Morgan fingerprint density at radius 3 is 2.64 bits per heavy atom. The van der Waals surface area contributed by atoms with Crippen molar-refractivity contribution in [3.63, 3.8) is 0 Å². The molecule has 0 aromatic carbocycles. The first-order chi connectivity index (χ1) is 6.81. The van der Waals surface area contributed by atoms with E-state index in [2.05, 4.69) is 9.88 Å². The molecule has 0 bridgehead atoms. The maximum Gasteiger partial charge on any atom is 0.168 e. The minimum Gasteiger partial charge on any atom is -0.369 e. The summed E-state index contributed by atoms with van der Waals surface area (Å²) in [4.78, 5) is 16.8. The van der Waals surface area contributed by atoms with Crippen LogP contribution in [-0.2, 0) is 0 Å². The van der Waals surface area contributed by atoms with E-state index in [1.54, 1.807) is 12.3 Å². The Hall–Kier alpha value is -1.38. The largest absolute Gasteiger partial charge is 0.369 e. The van der Waals surface area contributed by atoms with Gasteiger partial charge in [-0.1, -0.05) is 0 Å². The van der Waals surface area contributed by atoms with Gasteiger partial charge in [0.1, 0.15) is 5.69 Å². The predicted octanol–water partition coefficient (Wildman–Crippen LogP) is 1.49. The summed E-state index contributed by atoms with van der Waals surface area (Å²) in [7, 11) is 0. The molecule has 1 aromatic heterocycles. The van der Waals surface area contributed by atoms with E-state index in [0.29, 0.717) is 11.1 Å². The third kappa shape index (κ3) is 1.12. The number of rotatable bonds is 2. The highest BCUT2D eigenvalue weighted by atomic mass is 16.1. The summed E-state index contributed by atoms with van der Waals surface area (Å²) in [5.74, 6) is 0. The highest BCUT2D eigenvalue weighted by Crippen LogP contribution is 2.53. The van der Waals surface area contributed by atoms with Crippen LogP contribution >= 0.6 is 0 Å². The van der Waals surface area contributed by atoms with Gasteiger partial charge in [-0.25, -0.2) is 0 Å². The van der Waals surface area contributed by atoms with Crippen molar-refractivity contribution in [2.45, 2.75) is 12.8 Å². The monoisotopic (exact) mass is 188 g/mol. The van der Waals surface area contributed by atoms with Crippen LogP contribution in [0.25, 0.3) is 0 Å². The van der Waals surface area contributed by atoms with Crippen LogP contribution in [-0.4, -0.2) is 24.4 Å².